The van der Waals surface area contributed by atoms with Crippen molar-refractivity contribution in [2.24, 2.45) is 0 Å². The smallest absolute Gasteiger partial charge is 0.242 e. The van der Waals surface area contributed by atoms with Gasteiger partial charge in [0.25, 0.3) is 0 Å². The molecule has 1 fully saturated rings. The second-order valence-electron chi connectivity index (χ2n) is 4.79. The van der Waals surface area contributed by atoms with Gasteiger partial charge in [-0.15, -0.1) is 0 Å². The van der Waals surface area contributed by atoms with Gasteiger partial charge in [0.05, 0.1) is 29.6 Å². The molecule has 1 amide bonds. The van der Waals surface area contributed by atoms with E-state index in [4.69, 9.17) is 0 Å². The normalized spacial score (nSPS) is 23.2. The van der Waals surface area contributed by atoms with Gasteiger partial charge in [0.1, 0.15) is 6.54 Å². The molecule has 2 heterocycles. The molecule has 1 aromatic heterocycles. The molecule has 6 heteroatoms. The molecular weight excluding hydrogens is 246 g/mol. The Kier molecular flexibility index (Phi) is 2.96. The summed E-state index contributed by atoms with van der Waals surface area (Å²) >= 11 is 0. The van der Waals surface area contributed by atoms with Crippen LogP contribution in [0.1, 0.15) is 0 Å². The lowest BCUT2D eigenvalue weighted by Gasteiger charge is -2.15. The van der Waals surface area contributed by atoms with Crippen LogP contribution >= 0.6 is 0 Å². The Hall–Kier alpha value is -1.92. The fraction of sp³-hybridized carbons (Fsp3) is 0.385. The number of hydrogen-bond donors (Lipinski definition) is 2. The zero-order valence-corrected chi connectivity index (χ0v) is 10.3. The third-order valence-electron chi connectivity index (χ3n) is 3.44. The molecule has 2 N–H and O–H groups in total. The lowest BCUT2D eigenvalue weighted by molar-refractivity contribution is -0.131. The Morgan fingerprint density at radius 2 is 1.95 bits per heavy atom. The molecule has 100 valence electrons. The fourth-order valence-electron chi connectivity index (χ4n) is 2.36. The number of aromatic nitrogens is 2. The highest BCUT2D eigenvalue weighted by Gasteiger charge is 2.32. The summed E-state index contributed by atoms with van der Waals surface area (Å²) in [5, 5.41) is 18.9. The molecule has 0 radical (unpaired) electrons. The van der Waals surface area contributed by atoms with Gasteiger partial charge < -0.3 is 19.7 Å². The second kappa shape index (κ2) is 4.64. The van der Waals surface area contributed by atoms with E-state index in [2.05, 4.69) is 4.98 Å². The number of benzene rings is 1. The number of nitrogens with zero attached hydrogens (tertiary/aromatic N) is 3. The minimum Gasteiger partial charge on any atom is -0.388 e. The molecule has 6 nitrogen and oxygen atoms in total. The monoisotopic (exact) mass is 261 g/mol. The molecule has 2 unspecified atom stereocenters. The third-order valence-corrected chi connectivity index (χ3v) is 3.44. The average molecular weight is 261 g/mol. The molecule has 19 heavy (non-hydrogen) atoms. The van der Waals surface area contributed by atoms with E-state index in [0.29, 0.717) is 0 Å². The van der Waals surface area contributed by atoms with Crippen molar-refractivity contribution in [2.75, 3.05) is 13.1 Å². The molecule has 0 saturated carbocycles. The maximum absolute atomic E-state index is 12.1. The molecule has 0 bridgehead atoms. The van der Waals surface area contributed by atoms with Gasteiger partial charge >= 0.3 is 0 Å². The summed E-state index contributed by atoms with van der Waals surface area (Å²) in [4.78, 5) is 17.8. The number of carbonyl (C=O) groups excluding carboxylic acids is 1. The summed E-state index contributed by atoms with van der Waals surface area (Å²) in [5.74, 6) is -0.126. The van der Waals surface area contributed by atoms with Gasteiger partial charge in [-0.1, -0.05) is 12.1 Å². The average Bonchev–Trinajstić information content (AvgIpc) is 2.95. The van der Waals surface area contributed by atoms with Crippen LogP contribution in [0.2, 0.25) is 0 Å². The van der Waals surface area contributed by atoms with E-state index >= 15 is 0 Å². The lowest BCUT2D eigenvalue weighted by Crippen LogP contribution is -2.32. The molecule has 1 aliphatic heterocycles. The highest BCUT2D eigenvalue weighted by atomic mass is 16.3. The summed E-state index contributed by atoms with van der Waals surface area (Å²) in [7, 11) is 0. The number of aliphatic hydroxyl groups is 2. The minimum absolute atomic E-state index is 0.126. The SMILES string of the molecule is O=C(Cn1cnc2ccccc21)N1CC(O)C(O)C1. The molecule has 0 aliphatic carbocycles. The van der Waals surface area contributed by atoms with Crippen molar-refractivity contribution in [1.29, 1.82) is 0 Å². The summed E-state index contributed by atoms with van der Waals surface area (Å²) < 4.78 is 1.77. The van der Waals surface area contributed by atoms with Gasteiger partial charge in [0.15, 0.2) is 0 Å². The van der Waals surface area contributed by atoms with Crippen LogP contribution in [0, 0.1) is 0 Å². The van der Waals surface area contributed by atoms with Gasteiger partial charge in [-0.2, -0.15) is 0 Å². The van der Waals surface area contributed by atoms with E-state index in [1.54, 1.807) is 10.9 Å². The Morgan fingerprint density at radius 1 is 1.26 bits per heavy atom. The highest BCUT2D eigenvalue weighted by Crippen LogP contribution is 2.14. The molecule has 1 saturated heterocycles. The van der Waals surface area contributed by atoms with Crippen molar-refractivity contribution >= 4 is 16.9 Å². The van der Waals surface area contributed by atoms with Crippen molar-refractivity contribution in [3.63, 3.8) is 0 Å². The standard InChI is InChI=1S/C13H15N3O3/c17-11-5-15(6-12(11)18)13(19)7-16-8-14-9-3-1-2-4-10(9)16/h1-4,8,11-12,17-18H,5-7H2. The molecule has 3 rings (SSSR count). The van der Waals surface area contributed by atoms with E-state index in [9.17, 15) is 15.0 Å². The maximum atomic E-state index is 12.1. The van der Waals surface area contributed by atoms with Crippen LogP contribution in [-0.4, -0.2) is 55.9 Å². The number of rotatable bonds is 2. The molecule has 2 atom stereocenters. The number of imidazole rings is 1. The number of amides is 1. The van der Waals surface area contributed by atoms with Crippen LogP contribution in [0.15, 0.2) is 30.6 Å². The first-order valence-electron chi connectivity index (χ1n) is 6.19. The Labute approximate surface area is 109 Å². The largest absolute Gasteiger partial charge is 0.388 e. The topological polar surface area (TPSA) is 78.6 Å². The number of aliphatic hydroxyl groups excluding tert-OH is 2. The quantitative estimate of drug-likeness (QED) is 0.771. The Morgan fingerprint density at radius 3 is 2.68 bits per heavy atom. The number of β-amino-alcohol motifs (C(OH)–C–C–N with tert-alkyl or cyclic N) is 2. The maximum Gasteiger partial charge on any atom is 0.242 e. The molecule has 0 spiro atoms. The van der Waals surface area contributed by atoms with E-state index < -0.39 is 12.2 Å². The van der Waals surface area contributed by atoms with Crippen LogP contribution in [0.3, 0.4) is 0 Å². The van der Waals surface area contributed by atoms with Crippen molar-refractivity contribution in [3.8, 4) is 0 Å². The summed E-state index contributed by atoms with van der Waals surface area (Å²) in [6, 6.07) is 7.59. The highest BCUT2D eigenvalue weighted by molar-refractivity contribution is 5.80. The van der Waals surface area contributed by atoms with Crippen LogP contribution < -0.4 is 0 Å². The molecule has 2 aromatic rings. The second-order valence-corrected chi connectivity index (χ2v) is 4.79. The number of likely N-dealkylation sites (tertiary alicyclic amines) is 1. The molecule has 1 aromatic carbocycles. The molecule has 1 aliphatic rings. The number of carbonyl (C=O) groups is 1. The lowest BCUT2D eigenvalue weighted by atomic mass is 10.3. The first-order valence-corrected chi connectivity index (χ1v) is 6.19. The van der Waals surface area contributed by atoms with E-state index in [1.165, 1.54) is 4.90 Å². The van der Waals surface area contributed by atoms with Crippen LogP contribution in [0.5, 0.6) is 0 Å². The number of fused-ring (bicyclic) bond motifs is 1. The van der Waals surface area contributed by atoms with Crippen LogP contribution in [-0.2, 0) is 11.3 Å². The number of hydrogen-bond acceptors (Lipinski definition) is 4. The first-order chi connectivity index (χ1) is 9.15. The van der Waals surface area contributed by atoms with Crippen molar-refractivity contribution < 1.29 is 15.0 Å². The van der Waals surface area contributed by atoms with Crippen LogP contribution in [0.4, 0.5) is 0 Å². The van der Waals surface area contributed by atoms with Crippen molar-refractivity contribution in [2.45, 2.75) is 18.8 Å². The fourth-order valence-corrected chi connectivity index (χ4v) is 2.36. The van der Waals surface area contributed by atoms with Gasteiger partial charge in [-0.05, 0) is 12.1 Å². The van der Waals surface area contributed by atoms with Gasteiger partial charge in [-0.3, -0.25) is 4.79 Å². The van der Waals surface area contributed by atoms with Crippen LogP contribution in [0.25, 0.3) is 11.0 Å². The van der Waals surface area contributed by atoms with E-state index in [1.807, 2.05) is 24.3 Å². The summed E-state index contributed by atoms with van der Waals surface area (Å²) in [6.07, 6.45) is -0.0575. The van der Waals surface area contributed by atoms with Gasteiger partial charge in [0.2, 0.25) is 5.91 Å². The zero-order valence-electron chi connectivity index (χ0n) is 10.3. The predicted molar refractivity (Wildman–Crippen MR) is 68.3 cm³/mol. The zero-order chi connectivity index (χ0) is 13.4. The molecular formula is C13H15N3O3. The predicted octanol–water partition coefficient (Wildman–Crippen LogP) is -0.400. The van der Waals surface area contributed by atoms with Gasteiger partial charge in [0, 0.05) is 13.1 Å². The minimum atomic E-state index is -0.844. The Bertz CT molecular complexity index is 600. The summed E-state index contributed by atoms with van der Waals surface area (Å²) in [6.45, 7) is 0.541. The third kappa shape index (κ3) is 2.20. The first kappa shape index (κ1) is 12.1. The van der Waals surface area contributed by atoms with E-state index in [-0.39, 0.29) is 25.5 Å². The van der Waals surface area contributed by atoms with Crippen molar-refractivity contribution in [1.82, 2.24) is 14.5 Å². The van der Waals surface area contributed by atoms with Crippen molar-refractivity contribution in [3.05, 3.63) is 30.6 Å². The summed E-state index contributed by atoms with van der Waals surface area (Å²) in [5.41, 5.74) is 1.74. The van der Waals surface area contributed by atoms with Gasteiger partial charge in [-0.25, -0.2) is 4.98 Å². The Balaban J connectivity index is 1.76. The number of para-hydroxylation sites is 2. The van der Waals surface area contributed by atoms with E-state index in [0.717, 1.165) is 11.0 Å².